The van der Waals surface area contributed by atoms with Crippen molar-refractivity contribution in [1.29, 1.82) is 0 Å². The number of rotatable bonds is 3. The molecule has 0 amide bonds. The van der Waals surface area contributed by atoms with Gasteiger partial charge in [-0.2, -0.15) is 13.2 Å². The maximum absolute atomic E-state index is 12.4. The van der Waals surface area contributed by atoms with E-state index in [9.17, 15) is 13.2 Å². The molecule has 0 bridgehead atoms. The lowest BCUT2D eigenvalue weighted by atomic mass is 10.2. The highest BCUT2D eigenvalue weighted by atomic mass is 19.4. The van der Waals surface area contributed by atoms with Crippen LogP contribution in [0, 0.1) is 0 Å². The van der Waals surface area contributed by atoms with Crippen LogP contribution >= 0.6 is 0 Å². The number of benzene rings is 2. The highest BCUT2D eigenvalue weighted by Crippen LogP contribution is 2.30. The number of nitrogens with two attached hydrogens (primary N) is 1. The molecule has 100 valence electrons. The molecule has 2 rings (SSSR count). The molecule has 2 N–H and O–H groups in total. The smallest absolute Gasteiger partial charge is 0.416 e. The average Bonchev–Trinajstić information content (AvgIpc) is 2.37. The summed E-state index contributed by atoms with van der Waals surface area (Å²) in [6.45, 7) is 0.283. The second kappa shape index (κ2) is 5.22. The molecule has 0 unspecified atom stereocenters. The largest absolute Gasteiger partial charge is 0.489 e. The van der Waals surface area contributed by atoms with Gasteiger partial charge in [-0.15, -0.1) is 0 Å². The molecule has 0 atom stereocenters. The highest BCUT2D eigenvalue weighted by Gasteiger charge is 2.29. The molecule has 0 aromatic heterocycles. The fraction of sp³-hybridized carbons (Fsp3) is 0.143. The van der Waals surface area contributed by atoms with Crippen molar-refractivity contribution < 1.29 is 17.9 Å². The van der Waals surface area contributed by atoms with Gasteiger partial charge in [0.05, 0.1) is 5.56 Å². The van der Waals surface area contributed by atoms with Gasteiger partial charge in [0.1, 0.15) is 12.4 Å². The Morgan fingerprint density at radius 1 is 0.895 bits per heavy atom. The van der Waals surface area contributed by atoms with Crippen molar-refractivity contribution >= 4 is 5.69 Å². The first kappa shape index (κ1) is 13.3. The Morgan fingerprint density at radius 3 is 2.00 bits per heavy atom. The van der Waals surface area contributed by atoms with Crippen LogP contribution in [0.3, 0.4) is 0 Å². The second-order valence-corrected chi connectivity index (χ2v) is 4.05. The quantitative estimate of drug-likeness (QED) is 0.857. The lowest BCUT2D eigenvalue weighted by Gasteiger charge is -2.09. The van der Waals surface area contributed by atoms with Crippen molar-refractivity contribution in [3.05, 3.63) is 59.7 Å². The van der Waals surface area contributed by atoms with E-state index >= 15 is 0 Å². The molecule has 0 spiro atoms. The fourth-order valence-electron chi connectivity index (χ4n) is 1.52. The molecule has 0 aliphatic carbocycles. The van der Waals surface area contributed by atoms with E-state index < -0.39 is 11.7 Å². The van der Waals surface area contributed by atoms with Crippen molar-refractivity contribution in [2.45, 2.75) is 12.8 Å². The number of hydrogen-bond acceptors (Lipinski definition) is 2. The van der Waals surface area contributed by atoms with Gasteiger partial charge < -0.3 is 10.5 Å². The summed E-state index contributed by atoms with van der Waals surface area (Å²) in [6, 6.07) is 11.7. The number of alkyl halides is 3. The zero-order chi connectivity index (χ0) is 13.9. The lowest BCUT2D eigenvalue weighted by Crippen LogP contribution is -2.04. The standard InChI is InChI=1S/C14H12F3NO/c15-14(16,17)11-3-7-13(8-4-11)19-9-10-1-5-12(18)6-2-10/h1-8H,9,18H2. The molecular formula is C14H12F3NO. The van der Waals surface area contributed by atoms with E-state index in [0.717, 1.165) is 17.7 Å². The molecule has 0 aliphatic rings. The van der Waals surface area contributed by atoms with Gasteiger partial charge >= 0.3 is 6.18 Å². The molecule has 0 fully saturated rings. The first-order valence-electron chi connectivity index (χ1n) is 5.59. The summed E-state index contributed by atoms with van der Waals surface area (Å²) in [5, 5.41) is 0. The minimum Gasteiger partial charge on any atom is -0.489 e. The Morgan fingerprint density at radius 2 is 1.47 bits per heavy atom. The van der Waals surface area contributed by atoms with Crippen LogP contribution in [0.1, 0.15) is 11.1 Å². The molecule has 5 heteroatoms. The van der Waals surface area contributed by atoms with Gasteiger partial charge in [0, 0.05) is 5.69 Å². The van der Waals surface area contributed by atoms with Crippen molar-refractivity contribution in [1.82, 2.24) is 0 Å². The minimum atomic E-state index is -4.32. The summed E-state index contributed by atoms with van der Waals surface area (Å²) >= 11 is 0. The second-order valence-electron chi connectivity index (χ2n) is 4.05. The van der Waals surface area contributed by atoms with Gasteiger partial charge in [0.2, 0.25) is 0 Å². The zero-order valence-corrected chi connectivity index (χ0v) is 9.95. The van der Waals surface area contributed by atoms with E-state index in [1.165, 1.54) is 12.1 Å². The van der Waals surface area contributed by atoms with E-state index in [0.29, 0.717) is 11.4 Å². The van der Waals surface area contributed by atoms with E-state index in [2.05, 4.69) is 0 Å². The van der Waals surface area contributed by atoms with Crippen LogP contribution in [0.5, 0.6) is 5.75 Å². The lowest BCUT2D eigenvalue weighted by molar-refractivity contribution is -0.137. The summed E-state index contributed by atoms with van der Waals surface area (Å²) in [5.74, 6) is 0.393. The van der Waals surface area contributed by atoms with Crippen LogP contribution in [-0.4, -0.2) is 0 Å². The first-order chi connectivity index (χ1) is 8.95. The SMILES string of the molecule is Nc1ccc(COc2ccc(C(F)(F)F)cc2)cc1. The maximum Gasteiger partial charge on any atom is 0.416 e. The summed E-state index contributed by atoms with van der Waals surface area (Å²) < 4.78 is 42.5. The van der Waals surface area contributed by atoms with Gasteiger partial charge in [-0.25, -0.2) is 0 Å². The van der Waals surface area contributed by atoms with Crippen molar-refractivity contribution in [3.63, 3.8) is 0 Å². The van der Waals surface area contributed by atoms with Gasteiger partial charge in [-0.05, 0) is 42.0 Å². The van der Waals surface area contributed by atoms with Gasteiger partial charge in [-0.3, -0.25) is 0 Å². The molecule has 0 saturated heterocycles. The van der Waals surface area contributed by atoms with Gasteiger partial charge in [0.25, 0.3) is 0 Å². The summed E-state index contributed by atoms with van der Waals surface area (Å²) in [6.07, 6.45) is -4.32. The predicted molar refractivity (Wildman–Crippen MR) is 66.6 cm³/mol. The molecule has 2 aromatic carbocycles. The third-order valence-electron chi connectivity index (χ3n) is 2.57. The Labute approximate surface area is 108 Å². The molecule has 0 aliphatic heterocycles. The highest BCUT2D eigenvalue weighted by molar-refractivity contribution is 5.39. The van der Waals surface area contributed by atoms with Crippen LogP contribution in [0.4, 0.5) is 18.9 Å². The number of hydrogen-bond donors (Lipinski definition) is 1. The van der Waals surface area contributed by atoms with E-state index in [4.69, 9.17) is 10.5 Å². The molecule has 2 aromatic rings. The number of nitrogen functional groups attached to an aromatic ring is 1. The molecule has 0 saturated carbocycles. The summed E-state index contributed by atoms with van der Waals surface area (Å²) in [5.41, 5.74) is 6.40. The van der Waals surface area contributed by atoms with Crippen LogP contribution < -0.4 is 10.5 Å². The van der Waals surface area contributed by atoms with Crippen molar-refractivity contribution in [3.8, 4) is 5.75 Å². The molecular weight excluding hydrogens is 255 g/mol. The summed E-state index contributed by atoms with van der Waals surface area (Å²) in [4.78, 5) is 0. The van der Waals surface area contributed by atoms with Crippen molar-refractivity contribution in [2.24, 2.45) is 0 Å². The number of anilines is 1. The normalized spacial score (nSPS) is 11.3. The third-order valence-corrected chi connectivity index (χ3v) is 2.57. The Hall–Kier alpha value is -2.17. The Bertz CT molecular complexity index is 532. The van der Waals surface area contributed by atoms with Gasteiger partial charge in [-0.1, -0.05) is 12.1 Å². The van der Waals surface area contributed by atoms with Crippen LogP contribution in [0.2, 0.25) is 0 Å². The molecule has 0 radical (unpaired) electrons. The minimum absolute atomic E-state index is 0.283. The number of ether oxygens (including phenoxy) is 1. The van der Waals surface area contributed by atoms with E-state index in [-0.39, 0.29) is 6.61 Å². The van der Waals surface area contributed by atoms with E-state index in [1.807, 2.05) is 0 Å². The molecule has 2 nitrogen and oxygen atoms in total. The number of halogens is 3. The third kappa shape index (κ3) is 3.64. The zero-order valence-electron chi connectivity index (χ0n) is 9.95. The Kier molecular flexibility index (Phi) is 3.64. The fourth-order valence-corrected chi connectivity index (χ4v) is 1.52. The first-order valence-corrected chi connectivity index (χ1v) is 5.59. The molecule has 19 heavy (non-hydrogen) atoms. The topological polar surface area (TPSA) is 35.2 Å². The average molecular weight is 267 g/mol. The summed E-state index contributed by atoms with van der Waals surface area (Å²) in [7, 11) is 0. The van der Waals surface area contributed by atoms with Crippen molar-refractivity contribution in [2.75, 3.05) is 5.73 Å². The van der Waals surface area contributed by atoms with Crippen LogP contribution in [0.25, 0.3) is 0 Å². The Balaban J connectivity index is 1.98. The molecule has 0 heterocycles. The monoisotopic (exact) mass is 267 g/mol. The van der Waals surface area contributed by atoms with E-state index in [1.54, 1.807) is 24.3 Å². The van der Waals surface area contributed by atoms with Gasteiger partial charge in [0.15, 0.2) is 0 Å². The van der Waals surface area contributed by atoms with Crippen LogP contribution in [-0.2, 0) is 12.8 Å². The van der Waals surface area contributed by atoms with Crippen LogP contribution in [0.15, 0.2) is 48.5 Å². The maximum atomic E-state index is 12.4. The predicted octanol–water partition coefficient (Wildman–Crippen LogP) is 3.87.